The van der Waals surface area contributed by atoms with Crippen LogP contribution >= 0.6 is 0 Å². The van der Waals surface area contributed by atoms with Gasteiger partial charge in [-0.05, 0) is 38.9 Å². The average molecular weight is 315 g/mol. The van der Waals surface area contributed by atoms with Crippen molar-refractivity contribution in [2.75, 3.05) is 31.6 Å². The summed E-state index contributed by atoms with van der Waals surface area (Å²) in [6.07, 6.45) is 2.85. The summed E-state index contributed by atoms with van der Waals surface area (Å²) in [6, 6.07) is 8.57. The van der Waals surface area contributed by atoms with Crippen molar-refractivity contribution >= 4 is 17.5 Å². The molecule has 1 N–H and O–H groups in total. The average Bonchev–Trinajstić information content (AvgIpc) is 3.31. The number of likely N-dealkylation sites (N-methyl/N-ethyl adjacent to an activating group) is 1. The predicted octanol–water partition coefficient (Wildman–Crippen LogP) is 1.56. The van der Waals surface area contributed by atoms with E-state index >= 15 is 0 Å². The molecule has 124 valence electrons. The quantitative estimate of drug-likeness (QED) is 0.867. The second-order valence-electron chi connectivity index (χ2n) is 6.74. The monoisotopic (exact) mass is 315 g/mol. The minimum Gasteiger partial charge on any atom is -0.355 e. The normalized spacial score (nSPS) is 21.1. The molecule has 2 aliphatic rings. The maximum Gasteiger partial charge on any atom is 0.227 e. The second kappa shape index (κ2) is 6.71. The van der Waals surface area contributed by atoms with Crippen LogP contribution in [-0.4, -0.2) is 49.4 Å². The Balaban J connectivity index is 1.50. The number of rotatable bonds is 6. The van der Waals surface area contributed by atoms with Gasteiger partial charge in [0, 0.05) is 37.8 Å². The van der Waals surface area contributed by atoms with Crippen molar-refractivity contribution in [3.8, 4) is 0 Å². The number of anilines is 1. The highest BCUT2D eigenvalue weighted by molar-refractivity contribution is 6.00. The molecule has 1 unspecified atom stereocenters. The molecule has 0 aromatic heterocycles. The largest absolute Gasteiger partial charge is 0.355 e. The van der Waals surface area contributed by atoms with Crippen molar-refractivity contribution in [1.82, 2.24) is 10.2 Å². The van der Waals surface area contributed by atoms with Crippen molar-refractivity contribution < 1.29 is 9.59 Å². The lowest BCUT2D eigenvalue weighted by molar-refractivity contribution is -0.126. The fourth-order valence-corrected chi connectivity index (χ4v) is 3.06. The summed E-state index contributed by atoms with van der Waals surface area (Å²) < 4.78 is 0. The fourth-order valence-electron chi connectivity index (χ4n) is 3.06. The van der Waals surface area contributed by atoms with E-state index in [1.165, 1.54) is 12.8 Å². The summed E-state index contributed by atoms with van der Waals surface area (Å²) in [5.74, 6) is -0.212. The van der Waals surface area contributed by atoms with E-state index in [1.807, 2.05) is 31.2 Å². The Bertz CT molecular complexity index is 580. The molecule has 1 saturated carbocycles. The Morgan fingerprint density at radius 3 is 2.65 bits per heavy atom. The molecule has 2 fully saturated rings. The van der Waals surface area contributed by atoms with Crippen molar-refractivity contribution in [3.63, 3.8) is 0 Å². The zero-order valence-electron chi connectivity index (χ0n) is 13.9. The van der Waals surface area contributed by atoms with Gasteiger partial charge in [0.2, 0.25) is 11.8 Å². The van der Waals surface area contributed by atoms with Gasteiger partial charge in [-0.2, -0.15) is 0 Å². The number of aryl methyl sites for hydroxylation is 1. The molecule has 1 saturated heterocycles. The van der Waals surface area contributed by atoms with Crippen molar-refractivity contribution in [1.29, 1.82) is 0 Å². The van der Waals surface area contributed by atoms with Gasteiger partial charge in [-0.3, -0.25) is 9.59 Å². The van der Waals surface area contributed by atoms with Gasteiger partial charge in [-0.25, -0.2) is 0 Å². The van der Waals surface area contributed by atoms with E-state index in [2.05, 4.69) is 17.3 Å². The number of nitrogens with one attached hydrogen (secondary N) is 1. The lowest BCUT2D eigenvalue weighted by Gasteiger charge is -2.18. The summed E-state index contributed by atoms with van der Waals surface area (Å²) in [5.41, 5.74) is 2.04. The highest BCUT2D eigenvalue weighted by atomic mass is 16.2. The van der Waals surface area contributed by atoms with Crippen LogP contribution < -0.4 is 10.2 Å². The molecule has 1 aromatic carbocycles. The van der Waals surface area contributed by atoms with Gasteiger partial charge >= 0.3 is 0 Å². The molecular weight excluding hydrogens is 290 g/mol. The standard InChI is InChI=1S/C18H25N3O2/c1-13-3-5-16(6-4-13)21-12-14(11-17(21)22)18(23)19-9-10-20(2)15-7-8-15/h3-6,14-15H,7-12H2,1-2H3,(H,19,23). The van der Waals surface area contributed by atoms with E-state index in [0.29, 0.717) is 25.6 Å². The summed E-state index contributed by atoms with van der Waals surface area (Å²) in [6.45, 7) is 4.02. The maximum absolute atomic E-state index is 12.3. The molecule has 1 aliphatic heterocycles. The molecule has 0 spiro atoms. The third-order valence-electron chi connectivity index (χ3n) is 4.78. The Morgan fingerprint density at radius 2 is 2.00 bits per heavy atom. The molecule has 5 heteroatoms. The van der Waals surface area contributed by atoms with Gasteiger partial charge in [0.1, 0.15) is 0 Å². The smallest absolute Gasteiger partial charge is 0.227 e. The van der Waals surface area contributed by atoms with Crippen molar-refractivity contribution in [2.24, 2.45) is 5.92 Å². The second-order valence-corrected chi connectivity index (χ2v) is 6.74. The molecule has 0 radical (unpaired) electrons. The lowest BCUT2D eigenvalue weighted by Crippen LogP contribution is -2.38. The molecule has 0 bridgehead atoms. The van der Waals surface area contributed by atoms with Crippen LogP contribution in [0.15, 0.2) is 24.3 Å². The number of carbonyl (C=O) groups excluding carboxylic acids is 2. The predicted molar refractivity (Wildman–Crippen MR) is 90.3 cm³/mol. The summed E-state index contributed by atoms with van der Waals surface area (Å²) in [7, 11) is 2.10. The van der Waals surface area contributed by atoms with E-state index in [4.69, 9.17) is 0 Å². The van der Waals surface area contributed by atoms with E-state index in [9.17, 15) is 9.59 Å². The van der Waals surface area contributed by atoms with Gasteiger partial charge in [0.05, 0.1) is 5.92 Å². The molecular formula is C18H25N3O2. The van der Waals surface area contributed by atoms with Crippen LogP contribution in [0.5, 0.6) is 0 Å². The molecule has 23 heavy (non-hydrogen) atoms. The zero-order chi connectivity index (χ0) is 16.4. The number of nitrogens with zero attached hydrogens (tertiary/aromatic N) is 2. The Kier molecular flexibility index (Phi) is 4.66. The summed E-state index contributed by atoms with van der Waals surface area (Å²) in [5, 5.41) is 2.98. The first-order chi connectivity index (χ1) is 11.0. The zero-order valence-corrected chi connectivity index (χ0v) is 13.9. The Morgan fingerprint density at radius 1 is 1.30 bits per heavy atom. The first kappa shape index (κ1) is 16.0. The molecule has 1 aromatic rings. The fraction of sp³-hybridized carbons (Fsp3) is 0.556. The summed E-state index contributed by atoms with van der Waals surface area (Å²) >= 11 is 0. The third-order valence-corrected chi connectivity index (χ3v) is 4.78. The minimum atomic E-state index is -0.241. The van der Waals surface area contributed by atoms with Gasteiger partial charge in [0.25, 0.3) is 0 Å². The Hall–Kier alpha value is -1.88. The maximum atomic E-state index is 12.3. The molecule has 1 atom stereocenters. The van der Waals surface area contributed by atoms with Crippen LogP contribution in [0.2, 0.25) is 0 Å². The number of hydrogen-bond acceptors (Lipinski definition) is 3. The topological polar surface area (TPSA) is 52.7 Å². The number of hydrogen-bond donors (Lipinski definition) is 1. The van der Waals surface area contributed by atoms with Crippen LogP contribution in [0.3, 0.4) is 0 Å². The van der Waals surface area contributed by atoms with Crippen LogP contribution in [0, 0.1) is 12.8 Å². The van der Waals surface area contributed by atoms with Crippen LogP contribution in [0.25, 0.3) is 0 Å². The van der Waals surface area contributed by atoms with Crippen LogP contribution in [0.1, 0.15) is 24.8 Å². The van der Waals surface area contributed by atoms with E-state index in [1.54, 1.807) is 4.90 Å². The van der Waals surface area contributed by atoms with Crippen LogP contribution in [-0.2, 0) is 9.59 Å². The molecule has 5 nitrogen and oxygen atoms in total. The minimum absolute atomic E-state index is 0.00263. The first-order valence-corrected chi connectivity index (χ1v) is 8.39. The van der Waals surface area contributed by atoms with Gasteiger partial charge in [-0.1, -0.05) is 17.7 Å². The lowest BCUT2D eigenvalue weighted by atomic mass is 10.1. The molecule has 3 rings (SSSR count). The molecule has 1 heterocycles. The van der Waals surface area contributed by atoms with Gasteiger partial charge in [0.15, 0.2) is 0 Å². The SMILES string of the molecule is Cc1ccc(N2CC(C(=O)NCCN(C)C3CC3)CC2=O)cc1. The third kappa shape index (κ3) is 3.91. The molecule has 1 aliphatic carbocycles. The van der Waals surface area contributed by atoms with Crippen molar-refractivity contribution in [3.05, 3.63) is 29.8 Å². The van der Waals surface area contributed by atoms with Crippen LogP contribution in [0.4, 0.5) is 5.69 Å². The molecule has 2 amide bonds. The number of benzene rings is 1. The van der Waals surface area contributed by atoms with E-state index < -0.39 is 0 Å². The summed E-state index contributed by atoms with van der Waals surface area (Å²) in [4.78, 5) is 28.5. The van der Waals surface area contributed by atoms with E-state index in [-0.39, 0.29) is 17.7 Å². The van der Waals surface area contributed by atoms with Gasteiger partial charge in [-0.15, -0.1) is 0 Å². The van der Waals surface area contributed by atoms with Gasteiger partial charge < -0.3 is 15.1 Å². The van der Waals surface area contributed by atoms with E-state index in [0.717, 1.165) is 17.8 Å². The number of amides is 2. The van der Waals surface area contributed by atoms with Crippen molar-refractivity contribution in [2.45, 2.75) is 32.2 Å². The highest BCUT2D eigenvalue weighted by Gasteiger charge is 2.35. The highest BCUT2D eigenvalue weighted by Crippen LogP contribution is 2.26. The Labute approximate surface area is 137 Å². The first-order valence-electron chi connectivity index (χ1n) is 8.39. The number of carbonyl (C=O) groups is 2.